The molecule has 78 valence electrons. The van der Waals surface area contributed by atoms with Gasteiger partial charge in [0.05, 0.1) is 24.0 Å². The molecule has 0 bridgehead atoms. The Morgan fingerprint density at radius 3 is 3.00 bits per heavy atom. The van der Waals surface area contributed by atoms with Gasteiger partial charge in [-0.1, -0.05) is 0 Å². The van der Waals surface area contributed by atoms with Crippen molar-refractivity contribution in [3.63, 3.8) is 0 Å². The molecule has 0 saturated carbocycles. The monoisotopic (exact) mass is 206 g/mol. The van der Waals surface area contributed by atoms with E-state index in [0.29, 0.717) is 5.69 Å². The molecule has 1 amide bonds. The van der Waals surface area contributed by atoms with Crippen molar-refractivity contribution < 1.29 is 9.90 Å². The van der Waals surface area contributed by atoms with E-state index in [1.807, 2.05) is 0 Å². The number of aliphatic hydroxyl groups excluding tert-OH is 1. The molecule has 0 aromatic carbocycles. The number of primary amides is 1. The highest BCUT2D eigenvalue weighted by molar-refractivity contribution is 5.95. The Labute approximate surface area is 85.3 Å². The van der Waals surface area contributed by atoms with Crippen LogP contribution in [0.4, 0.5) is 0 Å². The van der Waals surface area contributed by atoms with E-state index in [1.54, 1.807) is 24.0 Å². The van der Waals surface area contributed by atoms with Crippen LogP contribution in [0.15, 0.2) is 12.3 Å². The van der Waals surface area contributed by atoms with Crippen LogP contribution in [-0.2, 0) is 13.7 Å². The summed E-state index contributed by atoms with van der Waals surface area (Å²) in [5.41, 5.74) is 6.41. The number of hydrogen-bond acceptors (Lipinski definition) is 4. The van der Waals surface area contributed by atoms with Gasteiger partial charge in [-0.15, -0.1) is 0 Å². The Morgan fingerprint density at radius 1 is 1.67 bits per heavy atom. The molecule has 3 N–H and O–H groups in total. The van der Waals surface area contributed by atoms with Crippen LogP contribution in [0.2, 0.25) is 0 Å². The van der Waals surface area contributed by atoms with Gasteiger partial charge < -0.3 is 10.8 Å². The van der Waals surface area contributed by atoms with Crippen molar-refractivity contribution >= 4 is 16.8 Å². The fraction of sp³-hybridized carbons (Fsp3) is 0.222. The van der Waals surface area contributed by atoms with E-state index in [1.165, 1.54) is 0 Å². The minimum atomic E-state index is -0.618. The highest BCUT2D eigenvalue weighted by Gasteiger charge is 2.11. The highest BCUT2D eigenvalue weighted by Crippen LogP contribution is 2.17. The Balaban J connectivity index is 2.79. The number of fused-ring (bicyclic) bond motifs is 1. The quantitative estimate of drug-likeness (QED) is 0.696. The van der Waals surface area contributed by atoms with Gasteiger partial charge in [0.1, 0.15) is 5.69 Å². The number of pyridine rings is 1. The molecule has 6 heteroatoms. The van der Waals surface area contributed by atoms with Gasteiger partial charge in [0, 0.05) is 12.4 Å². The van der Waals surface area contributed by atoms with Gasteiger partial charge in [-0.2, -0.15) is 5.10 Å². The lowest BCUT2D eigenvalue weighted by Crippen LogP contribution is -2.14. The molecule has 0 fully saturated rings. The summed E-state index contributed by atoms with van der Waals surface area (Å²) < 4.78 is 1.60. The molecular formula is C9H10N4O2. The highest BCUT2D eigenvalue weighted by atomic mass is 16.3. The molecule has 2 heterocycles. The first-order chi connectivity index (χ1) is 7.13. The summed E-state index contributed by atoms with van der Waals surface area (Å²) in [4.78, 5) is 14.9. The lowest BCUT2D eigenvalue weighted by atomic mass is 10.2. The summed E-state index contributed by atoms with van der Waals surface area (Å²) in [6.07, 6.45) is 1.60. The smallest absolute Gasteiger partial charge is 0.267 e. The maximum absolute atomic E-state index is 11.0. The van der Waals surface area contributed by atoms with Crippen LogP contribution in [0.3, 0.4) is 0 Å². The lowest BCUT2D eigenvalue weighted by molar-refractivity contribution is 0.0995. The maximum atomic E-state index is 11.0. The summed E-state index contributed by atoms with van der Waals surface area (Å²) in [7, 11) is 1.74. The second-order valence-electron chi connectivity index (χ2n) is 3.18. The Bertz CT molecular complexity index is 532. The summed E-state index contributed by atoms with van der Waals surface area (Å²) in [6.45, 7) is -0.247. The fourth-order valence-corrected chi connectivity index (χ4v) is 1.45. The van der Waals surface area contributed by atoms with Gasteiger partial charge in [-0.05, 0) is 6.07 Å². The van der Waals surface area contributed by atoms with Crippen molar-refractivity contribution in [1.29, 1.82) is 0 Å². The van der Waals surface area contributed by atoms with Gasteiger partial charge in [0.2, 0.25) is 0 Å². The number of amides is 1. The first-order valence-corrected chi connectivity index (χ1v) is 4.35. The summed E-state index contributed by atoms with van der Waals surface area (Å²) in [5, 5.41) is 13.8. The normalized spacial score (nSPS) is 10.8. The summed E-state index contributed by atoms with van der Waals surface area (Å²) in [5.74, 6) is -0.618. The largest absolute Gasteiger partial charge is 0.390 e. The molecule has 0 unspecified atom stereocenters. The molecular weight excluding hydrogens is 196 g/mol. The molecule has 0 aliphatic carbocycles. The van der Waals surface area contributed by atoms with Crippen LogP contribution >= 0.6 is 0 Å². The fourth-order valence-electron chi connectivity index (χ4n) is 1.45. The molecule has 0 atom stereocenters. The second kappa shape index (κ2) is 3.32. The number of aromatic nitrogens is 3. The van der Waals surface area contributed by atoms with E-state index in [-0.39, 0.29) is 12.3 Å². The predicted molar refractivity (Wildman–Crippen MR) is 52.9 cm³/mol. The number of aliphatic hydroxyl groups is 1. The van der Waals surface area contributed by atoms with Crippen LogP contribution in [0.25, 0.3) is 10.9 Å². The van der Waals surface area contributed by atoms with E-state index in [2.05, 4.69) is 10.1 Å². The zero-order valence-corrected chi connectivity index (χ0v) is 8.14. The van der Waals surface area contributed by atoms with E-state index < -0.39 is 5.91 Å². The number of aryl methyl sites for hydroxylation is 1. The maximum Gasteiger partial charge on any atom is 0.267 e. The lowest BCUT2D eigenvalue weighted by Gasteiger charge is -2.02. The summed E-state index contributed by atoms with van der Waals surface area (Å²) >= 11 is 0. The van der Waals surface area contributed by atoms with Crippen molar-refractivity contribution in [3.8, 4) is 0 Å². The average Bonchev–Trinajstić information content (AvgIpc) is 2.59. The molecule has 6 nitrogen and oxygen atoms in total. The number of carbonyl (C=O) groups is 1. The SMILES string of the molecule is Cn1ncc2c(CO)nc(C(N)=O)cc21. The third-order valence-electron chi connectivity index (χ3n) is 2.23. The van der Waals surface area contributed by atoms with Crippen LogP contribution in [-0.4, -0.2) is 25.8 Å². The third kappa shape index (κ3) is 1.44. The van der Waals surface area contributed by atoms with Crippen molar-refractivity contribution in [2.24, 2.45) is 12.8 Å². The van der Waals surface area contributed by atoms with Crippen molar-refractivity contribution in [2.75, 3.05) is 0 Å². The van der Waals surface area contributed by atoms with Crippen molar-refractivity contribution in [3.05, 3.63) is 23.7 Å². The molecule has 0 aliphatic rings. The van der Waals surface area contributed by atoms with Crippen molar-refractivity contribution in [2.45, 2.75) is 6.61 Å². The topological polar surface area (TPSA) is 94.0 Å². The molecule has 2 aromatic rings. The molecule has 15 heavy (non-hydrogen) atoms. The predicted octanol–water partition coefficient (Wildman–Crippen LogP) is -0.440. The van der Waals surface area contributed by atoms with E-state index in [9.17, 15) is 4.79 Å². The summed E-state index contributed by atoms with van der Waals surface area (Å²) in [6, 6.07) is 1.56. The van der Waals surface area contributed by atoms with Crippen LogP contribution in [0.1, 0.15) is 16.2 Å². The van der Waals surface area contributed by atoms with Gasteiger partial charge in [0.25, 0.3) is 5.91 Å². The number of nitrogens with zero attached hydrogens (tertiary/aromatic N) is 3. The first-order valence-electron chi connectivity index (χ1n) is 4.35. The first kappa shape index (κ1) is 9.60. The van der Waals surface area contributed by atoms with Crippen LogP contribution in [0.5, 0.6) is 0 Å². The molecule has 0 spiro atoms. The van der Waals surface area contributed by atoms with Gasteiger partial charge in [0.15, 0.2) is 0 Å². The standard InChI is InChI=1S/C9H10N4O2/c1-13-8-2-6(9(10)15)12-7(4-14)5(8)3-11-13/h2-3,14H,4H2,1H3,(H2,10,15). The zero-order chi connectivity index (χ0) is 11.0. The second-order valence-corrected chi connectivity index (χ2v) is 3.18. The van der Waals surface area contributed by atoms with Crippen molar-refractivity contribution in [1.82, 2.24) is 14.8 Å². The Hall–Kier alpha value is -1.95. The molecule has 0 saturated heterocycles. The number of hydrogen-bond donors (Lipinski definition) is 2. The molecule has 0 radical (unpaired) electrons. The van der Waals surface area contributed by atoms with E-state index in [4.69, 9.17) is 10.8 Å². The number of nitrogens with two attached hydrogens (primary N) is 1. The minimum absolute atomic E-state index is 0.134. The van der Waals surface area contributed by atoms with Gasteiger partial charge in [-0.3, -0.25) is 9.48 Å². The zero-order valence-electron chi connectivity index (χ0n) is 8.14. The molecule has 2 rings (SSSR count). The number of carbonyl (C=O) groups excluding carboxylic acids is 1. The number of rotatable bonds is 2. The van der Waals surface area contributed by atoms with Gasteiger partial charge in [-0.25, -0.2) is 4.98 Å². The van der Waals surface area contributed by atoms with Gasteiger partial charge >= 0.3 is 0 Å². The molecule has 0 aliphatic heterocycles. The Kier molecular flexibility index (Phi) is 2.12. The van der Waals surface area contributed by atoms with Crippen LogP contribution in [0, 0.1) is 0 Å². The van der Waals surface area contributed by atoms with E-state index in [0.717, 1.165) is 10.9 Å². The third-order valence-corrected chi connectivity index (χ3v) is 2.23. The minimum Gasteiger partial charge on any atom is -0.390 e. The van der Waals surface area contributed by atoms with E-state index >= 15 is 0 Å². The molecule has 2 aromatic heterocycles. The van der Waals surface area contributed by atoms with Crippen LogP contribution < -0.4 is 5.73 Å². The average molecular weight is 206 g/mol. The Morgan fingerprint density at radius 2 is 2.40 bits per heavy atom.